The molecule has 0 spiro atoms. The molecule has 1 aromatic carbocycles. The van der Waals surface area contributed by atoms with Crippen molar-refractivity contribution in [2.45, 2.75) is 0 Å². The lowest BCUT2D eigenvalue weighted by Crippen LogP contribution is -2.25. The minimum Gasteiger partial charge on any atom is -0.399 e. The topological polar surface area (TPSA) is 29.3 Å². The van der Waals surface area contributed by atoms with Crippen LogP contribution in [0.3, 0.4) is 0 Å². The van der Waals surface area contributed by atoms with Crippen molar-refractivity contribution in [3.05, 3.63) is 30.3 Å². The molecule has 2 N–H and O–H groups in total. The van der Waals surface area contributed by atoms with Gasteiger partial charge in [-0.1, -0.05) is 6.58 Å². The maximum absolute atomic E-state index is 5.61. The van der Waals surface area contributed by atoms with Gasteiger partial charge in [0.2, 0.25) is 0 Å². The van der Waals surface area contributed by atoms with Crippen LogP contribution >= 0.6 is 0 Å². The highest BCUT2D eigenvalue weighted by molar-refractivity contribution is 5.96. The summed E-state index contributed by atoms with van der Waals surface area (Å²) < 4.78 is 0. The largest absolute Gasteiger partial charge is 0.399 e. The highest BCUT2D eigenvalue weighted by Crippen LogP contribution is 2.40. The Labute approximate surface area is 65.9 Å². The highest BCUT2D eigenvalue weighted by Gasteiger charge is 2.22. The maximum atomic E-state index is 5.61. The third-order valence-electron chi connectivity index (χ3n) is 2.10. The van der Waals surface area contributed by atoms with Gasteiger partial charge >= 0.3 is 0 Å². The Balaban J connectivity index is 2.59. The van der Waals surface area contributed by atoms with Gasteiger partial charge in [0.15, 0.2) is 0 Å². The quantitative estimate of drug-likeness (QED) is 0.564. The van der Waals surface area contributed by atoms with Crippen molar-refractivity contribution in [1.82, 2.24) is 0 Å². The number of fused-ring (bicyclic) bond motifs is 1. The van der Waals surface area contributed by atoms with E-state index in [4.69, 9.17) is 5.73 Å². The standard InChI is InChI=1S/C9H10N2/c1-6-8-5-7(10)3-4-9(8)11(6)2/h3-5H,1,10H2,2H3. The fourth-order valence-electron chi connectivity index (χ4n) is 1.35. The van der Waals surface area contributed by atoms with E-state index in [1.54, 1.807) is 0 Å². The van der Waals surface area contributed by atoms with Gasteiger partial charge in [-0.05, 0) is 18.2 Å². The summed E-state index contributed by atoms with van der Waals surface area (Å²) in [5, 5.41) is 0. The van der Waals surface area contributed by atoms with Crippen LogP contribution in [0.15, 0.2) is 24.8 Å². The van der Waals surface area contributed by atoms with Gasteiger partial charge in [-0.25, -0.2) is 0 Å². The molecule has 0 aromatic heterocycles. The molecule has 0 saturated carbocycles. The number of hydrogen-bond acceptors (Lipinski definition) is 2. The summed E-state index contributed by atoms with van der Waals surface area (Å²) in [5.74, 6) is 0. The molecule has 1 aromatic rings. The van der Waals surface area contributed by atoms with Crippen molar-refractivity contribution in [2.24, 2.45) is 0 Å². The van der Waals surface area contributed by atoms with Gasteiger partial charge < -0.3 is 10.6 Å². The number of nitrogens with two attached hydrogens (primary N) is 1. The van der Waals surface area contributed by atoms with Crippen LogP contribution in [0.25, 0.3) is 5.70 Å². The molecule has 1 heterocycles. The fourth-order valence-corrected chi connectivity index (χ4v) is 1.35. The van der Waals surface area contributed by atoms with Gasteiger partial charge in [-0.3, -0.25) is 0 Å². The average Bonchev–Trinajstić information content (AvgIpc) is 2.03. The predicted octanol–water partition coefficient (Wildman–Crippen LogP) is 1.69. The van der Waals surface area contributed by atoms with E-state index < -0.39 is 0 Å². The molecule has 56 valence electrons. The number of anilines is 2. The zero-order valence-corrected chi connectivity index (χ0v) is 6.46. The molecule has 1 aliphatic heterocycles. The van der Waals surface area contributed by atoms with E-state index in [2.05, 4.69) is 11.5 Å². The van der Waals surface area contributed by atoms with Gasteiger partial charge in [0, 0.05) is 24.0 Å². The van der Waals surface area contributed by atoms with Crippen LogP contribution < -0.4 is 10.6 Å². The minimum atomic E-state index is 0.804. The van der Waals surface area contributed by atoms with E-state index in [9.17, 15) is 0 Å². The molecule has 0 aliphatic carbocycles. The summed E-state index contributed by atoms with van der Waals surface area (Å²) in [6.45, 7) is 3.89. The zero-order chi connectivity index (χ0) is 8.01. The zero-order valence-electron chi connectivity index (χ0n) is 6.46. The first kappa shape index (κ1) is 6.28. The minimum absolute atomic E-state index is 0.804. The molecular formula is C9H10N2. The van der Waals surface area contributed by atoms with E-state index in [-0.39, 0.29) is 0 Å². The van der Waals surface area contributed by atoms with Gasteiger partial charge in [0.25, 0.3) is 0 Å². The molecule has 2 nitrogen and oxygen atoms in total. The van der Waals surface area contributed by atoms with Crippen molar-refractivity contribution in [1.29, 1.82) is 0 Å². The molecule has 0 radical (unpaired) electrons. The van der Waals surface area contributed by atoms with Crippen molar-refractivity contribution in [2.75, 3.05) is 17.7 Å². The number of rotatable bonds is 0. The molecule has 11 heavy (non-hydrogen) atoms. The first-order valence-corrected chi connectivity index (χ1v) is 3.52. The lowest BCUT2D eigenvalue weighted by Gasteiger charge is -2.34. The monoisotopic (exact) mass is 146 g/mol. The lowest BCUT2D eigenvalue weighted by atomic mass is 10.0. The van der Waals surface area contributed by atoms with Crippen LogP contribution in [-0.4, -0.2) is 7.05 Å². The van der Waals surface area contributed by atoms with E-state index in [0.717, 1.165) is 11.4 Å². The third-order valence-corrected chi connectivity index (χ3v) is 2.10. The van der Waals surface area contributed by atoms with E-state index in [1.807, 2.05) is 25.2 Å². The Morgan fingerprint density at radius 2 is 2.18 bits per heavy atom. The predicted molar refractivity (Wildman–Crippen MR) is 48.3 cm³/mol. The number of nitrogen functional groups attached to an aromatic ring is 1. The van der Waals surface area contributed by atoms with Crippen molar-refractivity contribution in [3.63, 3.8) is 0 Å². The van der Waals surface area contributed by atoms with Crippen molar-refractivity contribution in [3.8, 4) is 0 Å². The second kappa shape index (κ2) is 1.78. The number of benzene rings is 1. The molecule has 0 fully saturated rings. The molecular weight excluding hydrogens is 136 g/mol. The fraction of sp³-hybridized carbons (Fsp3) is 0.111. The summed E-state index contributed by atoms with van der Waals surface area (Å²) >= 11 is 0. The van der Waals surface area contributed by atoms with E-state index >= 15 is 0 Å². The maximum Gasteiger partial charge on any atom is 0.0504 e. The lowest BCUT2D eigenvalue weighted by molar-refractivity contribution is 1.15. The summed E-state index contributed by atoms with van der Waals surface area (Å²) in [6, 6.07) is 5.87. The highest BCUT2D eigenvalue weighted by atomic mass is 15.2. The summed E-state index contributed by atoms with van der Waals surface area (Å²) in [4.78, 5) is 2.05. The summed E-state index contributed by atoms with van der Waals surface area (Å²) in [7, 11) is 2.00. The van der Waals surface area contributed by atoms with Gasteiger partial charge in [0.05, 0.1) is 5.69 Å². The van der Waals surface area contributed by atoms with E-state index in [1.165, 1.54) is 11.3 Å². The van der Waals surface area contributed by atoms with Gasteiger partial charge in [-0.15, -0.1) is 0 Å². The normalized spacial score (nSPS) is 14.3. The molecule has 0 unspecified atom stereocenters. The van der Waals surface area contributed by atoms with Crippen LogP contribution in [0.4, 0.5) is 11.4 Å². The Morgan fingerprint density at radius 1 is 1.45 bits per heavy atom. The molecule has 0 saturated heterocycles. The van der Waals surface area contributed by atoms with Crippen LogP contribution in [0.5, 0.6) is 0 Å². The van der Waals surface area contributed by atoms with Crippen molar-refractivity contribution < 1.29 is 0 Å². The molecule has 0 amide bonds. The second-order valence-corrected chi connectivity index (χ2v) is 2.78. The SMILES string of the molecule is C=C1c2cc(N)ccc2N1C. The Bertz CT molecular complexity index is 328. The van der Waals surface area contributed by atoms with Crippen LogP contribution in [0.1, 0.15) is 5.56 Å². The van der Waals surface area contributed by atoms with Gasteiger partial charge in [0.1, 0.15) is 0 Å². The summed E-state index contributed by atoms with van der Waals surface area (Å²) in [5.41, 5.74) is 9.85. The third kappa shape index (κ3) is 0.664. The van der Waals surface area contributed by atoms with Crippen LogP contribution in [-0.2, 0) is 0 Å². The Hall–Kier alpha value is -1.44. The second-order valence-electron chi connectivity index (χ2n) is 2.78. The summed E-state index contributed by atoms with van der Waals surface area (Å²) in [6.07, 6.45) is 0. The van der Waals surface area contributed by atoms with Crippen LogP contribution in [0, 0.1) is 0 Å². The molecule has 2 rings (SSSR count). The molecule has 2 heteroatoms. The Morgan fingerprint density at radius 3 is 2.91 bits per heavy atom. The Kier molecular flexibility index (Phi) is 1.02. The first-order chi connectivity index (χ1) is 5.20. The van der Waals surface area contributed by atoms with E-state index in [0.29, 0.717) is 0 Å². The van der Waals surface area contributed by atoms with Gasteiger partial charge in [-0.2, -0.15) is 0 Å². The smallest absolute Gasteiger partial charge is 0.0504 e. The average molecular weight is 146 g/mol. The first-order valence-electron chi connectivity index (χ1n) is 3.52. The molecule has 0 bridgehead atoms. The molecule has 1 aliphatic rings. The number of nitrogens with zero attached hydrogens (tertiary/aromatic N) is 1. The van der Waals surface area contributed by atoms with Crippen LogP contribution in [0.2, 0.25) is 0 Å². The number of hydrogen-bond donors (Lipinski definition) is 1. The van der Waals surface area contributed by atoms with Crippen molar-refractivity contribution >= 4 is 17.1 Å². The molecule has 0 atom stereocenters.